The number of alkyl halides is 9. The molecule has 0 bridgehead atoms. The summed E-state index contributed by atoms with van der Waals surface area (Å²) in [4.78, 5) is 89.6. The van der Waals surface area contributed by atoms with Crippen molar-refractivity contribution in [1.82, 2.24) is 24.6 Å². The van der Waals surface area contributed by atoms with Crippen molar-refractivity contribution in [2.45, 2.75) is 145 Å². The summed E-state index contributed by atoms with van der Waals surface area (Å²) in [6.07, 6.45) is -12.1. The number of amides is 4. The number of anilines is 1. The fourth-order valence-corrected chi connectivity index (χ4v) is 13.3. The summed E-state index contributed by atoms with van der Waals surface area (Å²) >= 11 is 0. The highest BCUT2D eigenvalue weighted by Gasteiger charge is 2.54. The number of piperidine rings is 2. The minimum atomic E-state index is -4.89. The molecule has 4 aliphatic rings. The van der Waals surface area contributed by atoms with Gasteiger partial charge in [0, 0.05) is 58.5 Å². The zero-order chi connectivity index (χ0) is 78.6. The molecule has 578 valence electrons. The van der Waals surface area contributed by atoms with Crippen LogP contribution in [0, 0.1) is 0 Å². The number of nitrogens with zero attached hydrogens (tertiary/aromatic N) is 6. The van der Waals surface area contributed by atoms with Crippen LogP contribution in [0.25, 0.3) is 0 Å². The monoisotopic (exact) mass is 1510 g/mol. The lowest BCUT2D eigenvalue weighted by molar-refractivity contribution is -0.162. The van der Waals surface area contributed by atoms with Gasteiger partial charge in [-0.1, -0.05) is 103 Å². The van der Waals surface area contributed by atoms with Gasteiger partial charge in [0.05, 0.1) is 65.8 Å². The van der Waals surface area contributed by atoms with E-state index in [9.17, 15) is 78.5 Å². The van der Waals surface area contributed by atoms with Crippen molar-refractivity contribution in [3.63, 3.8) is 0 Å². The molecular weight excluding hydrogens is 1430 g/mol. The maximum Gasteiger partial charge on any atom is 0.417 e. The molecule has 7 aromatic rings. The Morgan fingerprint density at radius 3 is 1.45 bits per heavy atom. The van der Waals surface area contributed by atoms with Gasteiger partial charge in [0.1, 0.15) is 41.1 Å². The summed E-state index contributed by atoms with van der Waals surface area (Å²) in [5.41, 5.74) is -5.68. The second-order valence-corrected chi connectivity index (χ2v) is 28.3. The number of carbonyl (C=O) groups excluding carboxylic acids is 4. The lowest BCUT2D eigenvalue weighted by Gasteiger charge is -2.48. The topological polar surface area (TPSA) is 227 Å². The third kappa shape index (κ3) is 20.6. The molecule has 2 N–H and O–H groups in total. The molecule has 4 saturated heterocycles. The van der Waals surface area contributed by atoms with E-state index in [1.54, 1.807) is 83.9 Å². The number of hydrogen-bond donors (Lipinski definition) is 2. The van der Waals surface area contributed by atoms with Crippen LogP contribution >= 0.6 is 0 Å². The van der Waals surface area contributed by atoms with Crippen molar-refractivity contribution in [2.24, 2.45) is 0 Å². The molecule has 0 saturated carbocycles. The van der Waals surface area contributed by atoms with Crippen LogP contribution in [0.2, 0.25) is 0 Å². The van der Waals surface area contributed by atoms with E-state index in [1.165, 1.54) is 14.7 Å². The van der Waals surface area contributed by atoms with Crippen LogP contribution in [-0.4, -0.2) is 159 Å². The highest BCUT2D eigenvalue weighted by Crippen LogP contribution is 2.45. The number of carbonyl (C=O) groups is 6. The first-order chi connectivity index (χ1) is 50.9. The Morgan fingerprint density at radius 2 is 0.972 bits per heavy atom. The molecule has 6 atom stereocenters. The number of carboxylic acids is 2. The largest absolute Gasteiger partial charge is 0.489 e. The van der Waals surface area contributed by atoms with E-state index in [0.717, 1.165) is 77.7 Å². The molecule has 20 nitrogen and oxygen atoms in total. The molecule has 6 aromatic carbocycles. The quantitative estimate of drug-likeness (QED) is 0.0677. The summed E-state index contributed by atoms with van der Waals surface area (Å²) in [6, 6.07) is 40.8. The van der Waals surface area contributed by atoms with Gasteiger partial charge in [-0.25, -0.2) is 19.2 Å². The summed E-state index contributed by atoms with van der Waals surface area (Å²) in [7, 11) is 1.57. The van der Waals surface area contributed by atoms with Gasteiger partial charge in [0.15, 0.2) is 0 Å². The number of likely N-dealkylation sites (tertiary alicyclic amines) is 3. The van der Waals surface area contributed by atoms with Crippen LogP contribution in [-0.2, 0) is 47.1 Å². The molecule has 4 fully saturated rings. The number of aromatic nitrogens is 1. The van der Waals surface area contributed by atoms with Crippen molar-refractivity contribution in [2.75, 3.05) is 64.5 Å². The number of pyridine rings is 1. The van der Waals surface area contributed by atoms with Crippen molar-refractivity contribution < 1.29 is 107 Å². The number of carboxylic acid groups (broad SMARTS) is 2. The average molecular weight is 1510 g/mol. The van der Waals surface area contributed by atoms with Gasteiger partial charge in [-0.05, 0) is 151 Å². The summed E-state index contributed by atoms with van der Waals surface area (Å²) in [6.45, 7) is 11.5. The van der Waals surface area contributed by atoms with Crippen LogP contribution in [0.15, 0.2) is 182 Å². The number of ether oxygens (including phenoxy) is 6. The zero-order valence-corrected chi connectivity index (χ0v) is 60.4. The molecule has 4 aliphatic heterocycles. The number of methoxy groups -OCH3 is 1. The molecule has 2 unspecified atom stereocenters. The van der Waals surface area contributed by atoms with E-state index in [-0.39, 0.29) is 62.9 Å². The normalized spacial score (nSPS) is 20.5. The van der Waals surface area contributed by atoms with Crippen molar-refractivity contribution in [3.05, 3.63) is 221 Å². The molecule has 11 rings (SSSR count). The lowest BCUT2D eigenvalue weighted by atomic mass is 9.83. The maximum absolute atomic E-state index is 14.8. The maximum atomic E-state index is 14.8. The molecule has 0 aliphatic carbocycles. The number of benzene rings is 6. The van der Waals surface area contributed by atoms with Crippen LogP contribution in [0.3, 0.4) is 0 Å². The predicted octanol–water partition coefficient (Wildman–Crippen LogP) is 16.2. The van der Waals surface area contributed by atoms with Crippen LogP contribution in [0.4, 0.5) is 54.8 Å². The first-order valence-corrected chi connectivity index (χ1v) is 34.8. The van der Waals surface area contributed by atoms with Gasteiger partial charge in [-0.3, -0.25) is 24.4 Å². The number of aliphatic carboxylic acids is 2. The second kappa shape index (κ2) is 34.1. The molecule has 0 spiro atoms. The van der Waals surface area contributed by atoms with E-state index < -0.39 is 124 Å². The summed E-state index contributed by atoms with van der Waals surface area (Å²) in [5, 5.41) is 19.4. The summed E-state index contributed by atoms with van der Waals surface area (Å²) in [5.74, 6) is -3.33. The smallest absolute Gasteiger partial charge is 0.417 e. The minimum absolute atomic E-state index is 0.00571. The van der Waals surface area contributed by atoms with Gasteiger partial charge in [0.25, 0.3) is 11.8 Å². The standard InChI is InChI=1S/C39H38F6N4O5.C24H26F3NO5.C16H21NO4/c1-52-23-24-53-34-10-6-5-9-33(34)47-19-21-48(22-20-47)36(51)37(54-29-13-11-28(12-14-29)38(40,41)42)17-15-32(27-7-3-2-4-8-27)49(26-37)35(50)30-25-46-18-16-31(30)39(43,44)45;1-22(2,3)33-21(31)28-15-23(20(29)30,14-13-19(28)16-7-5-4-6-8-16)32-18-11-9-17(10-12-18)24(25,26)27;1-16(2,3)21-15(20)17-12(9-10-13(17)14(18)19)11-7-5-4-6-8-11/h2-14,16,18,25,32H,15,17,19-24,26H2,1H3;4-12,19H,13-15H2,1-3H3,(H,29,30);4-8,12-13H,9-10H2,1-3H3,(H,18,19)/t32-,37?;19-,23?;12-,13+/m111/s1. The first-order valence-electron chi connectivity index (χ1n) is 34.8. The van der Waals surface area contributed by atoms with Gasteiger partial charge in [0.2, 0.25) is 11.2 Å². The lowest BCUT2D eigenvalue weighted by Crippen LogP contribution is -2.64. The molecule has 5 heterocycles. The molecule has 29 heteroatoms. The van der Waals surface area contributed by atoms with Crippen LogP contribution in [0.5, 0.6) is 17.2 Å². The molecule has 0 radical (unpaired) electrons. The van der Waals surface area contributed by atoms with Crippen LogP contribution < -0.4 is 19.1 Å². The third-order valence-corrected chi connectivity index (χ3v) is 18.4. The number of hydrogen-bond acceptors (Lipinski definition) is 14. The Balaban J connectivity index is 0.000000210. The SMILES string of the molecule is CC(C)(C)OC(=O)N1CC(Oc2ccc(C(F)(F)F)cc2)(C(=O)O)CC[C@@H]1c1ccccc1.CC(C)(C)OC(=O)N1[C@@H](c2ccccc2)CC[C@H]1C(=O)O.COCCOc1ccccc1N1CCN(C(=O)C2(Oc3ccc(C(F)(F)F)cc3)CC[C@H](c3ccccc3)N(C(=O)c3cnccc3C(F)(F)F)C2)CC1. The Kier molecular flexibility index (Phi) is 25.7. The number of halogens is 9. The van der Waals surface area contributed by atoms with Gasteiger partial charge in [-0.2, -0.15) is 39.5 Å². The Bertz CT molecular complexity index is 4200. The second-order valence-electron chi connectivity index (χ2n) is 28.3. The van der Waals surface area contributed by atoms with Crippen LogP contribution in [0.1, 0.15) is 142 Å². The summed E-state index contributed by atoms with van der Waals surface area (Å²) < 4.78 is 156. The van der Waals surface area contributed by atoms with E-state index in [2.05, 4.69) is 9.88 Å². The van der Waals surface area contributed by atoms with Crippen molar-refractivity contribution in [3.8, 4) is 17.2 Å². The van der Waals surface area contributed by atoms with Gasteiger partial charge < -0.3 is 53.3 Å². The minimum Gasteiger partial charge on any atom is -0.489 e. The fraction of sp³-hybridized carbons (Fsp3) is 0.405. The molecule has 1 aromatic heterocycles. The first kappa shape index (κ1) is 81.5. The molecule has 4 amide bonds. The Morgan fingerprint density at radius 1 is 0.509 bits per heavy atom. The average Bonchev–Trinajstić information content (AvgIpc) is 0.902. The molecule has 108 heavy (non-hydrogen) atoms. The van der Waals surface area contributed by atoms with Gasteiger partial charge >= 0.3 is 42.7 Å². The molecular formula is C79H85F9N6O14. The van der Waals surface area contributed by atoms with E-state index in [1.807, 2.05) is 84.9 Å². The van der Waals surface area contributed by atoms with Crippen molar-refractivity contribution >= 4 is 41.6 Å². The number of rotatable bonds is 16. The van der Waals surface area contributed by atoms with E-state index in [0.29, 0.717) is 56.5 Å². The predicted molar refractivity (Wildman–Crippen MR) is 378 cm³/mol. The van der Waals surface area contributed by atoms with E-state index in [4.69, 9.17) is 28.4 Å². The highest BCUT2D eigenvalue weighted by molar-refractivity contribution is 5.97. The van der Waals surface area contributed by atoms with Crippen molar-refractivity contribution in [1.29, 1.82) is 0 Å². The Labute approximate surface area is 618 Å². The fourth-order valence-electron chi connectivity index (χ4n) is 13.3. The Hall–Kier alpha value is -10.6. The third-order valence-electron chi connectivity index (χ3n) is 18.4. The highest BCUT2D eigenvalue weighted by atomic mass is 19.4. The zero-order valence-electron chi connectivity index (χ0n) is 60.4. The number of para-hydroxylation sites is 2. The number of piperazine rings is 1. The van der Waals surface area contributed by atoms with Gasteiger partial charge in [-0.15, -0.1) is 0 Å². The van der Waals surface area contributed by atoms with E-state index >= 15 is 0 Å².